The molecule has 2 aromatic rings. The van der Waals surface area contributed by atoms with E-state index >= 15 is 0 Å². The quantitative estimate of drug-likeness (QED) is 0.817. The number of aliphatic hydroxyl groups excluding tert-OH is 1. The van der Waals surface area contributed by atoms with Crippen molar-refractivity contribution in [3.8, 4) is 0 Å². The van der Waals surface area contributed by atoms with Crippen LogP contribution in [0.2, 0.25) is 0 Å². The van der Waals surface area contributed by atoms with Crippen LogP contribution in [0.25, 0.3) is 0 Å². The van der Waals surface area contributed by atoms with E-state index in [1.54, 1.807) is 11.6 Å². The zero-order valence-electron chi connectivity index (χ0n) is 13.8. The third kappa shape index (κ3) is 4.80. The summed E-state index contributed by atoms with van der Waals surface area (Å²) in [4.78, 5) is 11.9. The van der Waals surface area contributed by atoms with Crippen LogP contribution >= 0.6 is 11.8 Å². The van der Waals surface area contributed by atoms with E-state index in [-0.39, 0.29) is 17.2 Å². The van der Waals surface area contributed by atoms with Gasteiger partial charge in [-0.05, 0) is 26.3 Å². The van der Waals surface area contributed by atoms with Gasteiger partial charge in [0.05, 0.1) is 5.75 Å². The summed E-state index contributed by atoms with van der Waals surface area (Å²) in [6.45, 7) is 5.81. The molecule has 7 heteroatoms. The molecule has 0 aliphatic heterocycles. The van der Waals surface area contributed by atoms with Gasteiger partial charge in [-0.15, -0.1) is 10.2 Å². The van der Waals surface area contributed by atoms with E-state index in [1.165, 1.54) is 11.8 Å². The highest BCUT2D eigenvalue weighted by Gasteiger charge is 2.20. The second-order valence-corrected chi connectivity index (χ2v) is 7.24. The highest BCUT2D eigenvalue weighted by atomic mass is 32.2. The fraction of sp³-hybridized carbons (Fsp3) is 0.438. The molecule has 1 unspecified atom stereocenters. The molecule has 124 valence electrons. The van der Waals surface area contributed by atoms with E-state index < -0.39 is 6.10 Å². The summed E-state index contributed by atoms with van der Waals surface area (Å²) < 4.78 is 1.71. The molecule has 6 nitrogen and oxygen atoms in total. The van der Waals surface area contributed by atoms with E-state index in [0.717, 1.165) is 5.56 Å². The molecule has 2 N–H and O–H groups in total. The van der Waals surface area contributed by atoms with Crippen LogP contribution in [0.15, 0.2) is 35.5 Å². The van der Waals surface area contributed by atoms with E-state index in [4.69, 9.17) is 0 Å². The number of aliphatic hydroxyl groups is 1. The van der Waals surface area contributed by atoms with Gasteiger partial charge in [-0.25, -0.2) is 0 Å². The Hall–Kier alpha value is -1.86. The Morgan fingerprint density at radius 2 is 1.96 bits per heavy atom. The minimum absolute atomic E-state index is 0.0596. The number of carbonyl (C=O) groups excluding carboxylic acids is 1. The summed E-state index contributed by atoms with van der Waals surface area (Å²) in [5, 5.41) is 22.0. The molecule has 1 aromatic carbocycles. The third-order valence-electron chi connectivity index (χ3n) is 3.08. The van der Waals surface area contributed by atoms with Crippen LogP contribution in [-0.4, -0.2) is 37.1 Å². The van der Waals surface area contributed by atoms with Crippen LogP contribution in [0.4, 0.5) is 0 Å². The number of aromatic nitrogens is 3. The second-order valence-electron chi connectivity index (χ2n) is 6.30. The van der Waals surface area contributed by atoms with Crippen molar-refractivity contribution in [2.75, 3.05) is 5.75 Å². The van der Waals surface area contributed by atoms with Crippen molar-refractivity contribution in [1.29, 1.82) is 0 Å². The van der Waals surface area contributed by atoms with E-state index in [2.05, 4.69) is 15.5 Å². The summed E-state index contributed by atoms with van der Waals surface area (Å²) in [5.41, 5.74) is 0.497. The molecule has 0 spiro atoms. The number of benzene rings is 1. The maximum Gasteiger partial charge on any atom is 0.230 e. The Morgan fingerprint density at radius 1 is 1.30 bits per heavy atom. The molecule has 0 bridgehead atoms. The van der Waals surface area contributed by atoms with Gasteiger partial charge in [-0.3, -0.25) is 4.79 Å². The van der Waals surface area contributed by atoms with Crippen LogP contribution in [0.1, 0.15) is 38.3 Å². The van der Waals surface area contributed by atoms with E-state index in [0.29, 0.717) is 11.0 Å². The second kappa shape index (κ2) is 7.14. The molecule has 1 aromatic heterocycles. The molecule has 0 aliphatic rings. The maximum atomic E-state index is 11.9. The summed E-state index contributed by atoms with van der Waals surface area (Å²) >= 11 is 1.30. The zero-order valence-corrected chi connectivity index (χ0v) is 14.6. The highest BCUT2D eigenvalue weighted by Crippen LogP contribution is 2.23. The van der Waals surface area contributed by atoms with Crippen molar-refractivity contribution in [1.82, 2.24) is 20.1 Å². The van der Waals surface area contributed by atoms with Crippen LogP contribution in [0, 0.1) is 0 Å². The lowest BCUT2D eigenvalue weighted by molar-refractivity contribution is -0.119. The first-order chi connectivity index (χ1) is 10.8. The van der Waals surface area contributed by atoms with Gasteiger partial charge in [-0.2, -0.15) is 0 Å². The summed E-state index contributed by atoms with van der Waals surface area (Å²) in [6, 6.07) is 9.29. The molecule has 1 heterocycles. The lowest BCUT2D eigenvalue weighted by atomic mass is 10.1. The normalized spacial score (nSPS) is 12.9. The fourth-order valence-corrected chi connectivity index (χ4v) is 2.78. The van der Waals surface area contributed by atoms with Crippen molar-refractivity contribution < 1.29 is 9.90 Å². The Balaban J connectivity index is 2.04. The first kappa shape index (κ1) is 17.5. The first-order valence-electron chi connectivity index (χ1n) is 7.34. The molecule has 23 heavy (non-hydrogen) atoms. The van der Waals surface area contributed by atoms with Gasteiger partial charge >= 0.3 is 0 Å². The predicted octanol–water partition coefficient (Wildman–Crippen LogP) is 1.90. The maximum absolute atomic E-state index is 11.9. The zero-order chi connectivity index (χ0) is 17.0. The van der Waals surface area contributed by atoms with Crippen molar-refractivity contribution >= 4 is 17.7 Å². The minimum Gasteiger partial charge on any atom is -0.380 e. The number of thioether (sulfide) groups is 1. The molecular weight excluding hydrogens is 312 g/mol. The number of nitrogens with zero attached hydrogens (tertiary/aromatic N) is 3. The minimum atomic E-state index is -0.841. The Bertz CT molecular complexity index is 664. The molecule has 1 amide bonds. The predicted molar refractivity (Wildman–Crippen MR) is 90.1 cm³/mol. The number of amides is 1. The molecule has 0 aliphatic carbocycles. The summed E-state index contributed by atoms with van der Waals surface area (Å²) in [7, 11) is 1.78. The van der Waals surface area contributed by atoms with Crippen LogP contribution in [-0.2, 0) is 11.8 Å². The summed E-state index contributed by atoms with van der Waals surface area (Å²) in [6.07, 6.45) is -0.841. The third-order valence-corrected chi connectivity index (χ3v) is 4.10. The first-order valence-corrected chi connectivity index (χ1v) is 8.32. The Labute approximate surface area is 140 Å². The monoisotopic (exact) mass is 334 g/mol. The molecule has 0 saturated heterocycles. The van der Waals surface area contributed by atoms with E-state index in [1.807, 2.05) is 51.1 Å². The number of nitrogens with one attached hydrogen (secondary N) is 1. The highest BCUT2D eigenvalue weighted by molar-refractivity contribution is 7.99. The van der Waals surface area contributed by atoms with Crippen LogP contribution in [0.5, 0.6) is 0 Å². The van der Waals surface area contributed by atoms with Gasteiger partial charge in [0.25, 0.3) is 0 Å². The molecule has 0 fully saturated rings. The average Bonchev–Trinajstić information content (AvgIpc) is 2.84. The Kier molecular flexibility index (Phi) is 5.43. The molecule has 0 saturated carbocycles. The number of rotatable bonds is 5. The van der Waals surface area contributed by atoms with Gasteiger partial charge in [0.2, 0.25) is 5.91 Å². The topological polar surface area (TPSA) is 80.0 Å². The van der Waals surface area contributed by atoms with Gasteiger partial charge in [-0.1, -0.05) is 42.1 Å². The largest absolute Gasteiger partial charge is 0.380 e. The van der Waals surface area contributed by atoms with Crippen LogP contribution in [0.3, 0.4) is 0 Å². The van der Waals surface area contributed by atoms with Gasteiger partial charge in [0.1, 0.15) is 6.10 Å². The molecule has 0 radical (unpaired) electrons. The lowest BCUT2D eigenvalue weighted by Gasteiger charge is -2.20. The lowest BCUT2D eigenvalue weighted by Crippen LogP contribution is -2.41. The van der Waals surface area contributed by atoms with Crippen molar-refractivity contribution in [3.05, 3.63) is 41.7 Å². The van der Waals surface area contributed by atoms with Gasteiger partial charge in [0, 0.05) is 12.6 Å². The van der Waals surface area contributed by atoms with Crippen molar-refractivity contribution in [3.63, 3.8) is 0 Å². The standard InChI is InChI=1S/C16H22N4O2S/c1-16(2,3)17-12(21)10-23-15-19-18-14(20(15)4)13(22)11-8-6-5-7-9-11/h5-9,13,22H,10H2,1-4H3,(H,17,21). The number of hydrogen-bond acceptors (Lipinski definition) is 5. The van der Waals surface area contributed by atoms with Gasteiger partial charge in [0.15, 0.2) is 11.0 Å². The van der Waals surface area contributed by atoms with Crippen molar-refractivity contribution in [2.24, 2.45) is 7.05 Å². The Morgan fingerprint density at radius 3 is 2.57 bits per heavy atom. The van der Waals surface area contributed by atoms with Crippen LogP contribution < -0.4 is 5.32 Å². The SMILES string of the molecule is Cn1c(SCC(=O)NC(C)(C)C)nnc1C(O)c1ccccc1. The fourth-order valence-electron chi connectivity index (χ4n) is 2.06. The van der Waals surface area contributed by atoms with Crippen molar-refractivity contribution in [2.45, 2.75) is 37.6 Å². The molecular formula is C16H22N4O2S. The van der Waals surface area contributed by atoms with Gasteiger partial charge < -0.3 is 15.0 Å². The number of hydrogen-bond donors (Lipinski definition) is 2. The summed E-state index contributed by atoms with van der Waals surface area (Å²) in [5.74, 6) is 0.649. The smallest absolute Gasteiger partial charge is 0.230 e. The number of carbonyl (C=O) groups is 1. The average molecular weight is 334 g/mol. The molecule has 2 rings (SSSR count). The molecule has 1 atom stereocenters. The van der Waals surface area contributed by atoms with E-state index in [9.17, 15) is 9.90 Å².